The van der Waals surface area contributed by atoms with E-state index < -0.39 is 0 Å². The Labute approximate surface area is 133 Å². The lowest BCUT2D eigenvalue weighted by molar-refractivity contribution is 0.294. The maximum absolute atomic E-state index is 5.67. The lowest BCUT2D eigenvalue weighted by atomic mass is 10.3. The quantitative estimate of drug-likeness (QED) is 0.846. The molecule has 8 heteroatoms. The second kappa shape index (κ2) is 6.36. The van der Waals surface area contributed by atoms with E-state index in [-0.39, 0.29) is 12.6 Å². The van der Waals surface area contributed by atoms with Gasteiger partial charge in [-0.25, -0.2) is 0 Å². The number of hydrogen-bond acceptors (Lipinski definition) is 6. The maximum Gasteiger partial charge on any atom is 0.230 e. The highest BCUT2D eigenvalue weighted by Crippen LogP contribution is 2.28. The van der Waals surface area contributed by atoms with E-state index in [0.29, 0.717) is 17.5 Å². The van der Waals surface area contributed by atoms with Gasteiger partial charge in [0.1, 0.15) is 12.4 Å². The Morgan fingerprint density at radius 1 is 1.20 bits per heavy atom. The average Bonchev–Trinajstić information content (AvgIpc) is 2.37. The van der Waals surface area contributed by atoms with Crippen LogP contribution in [0.15, 0.2) is 27.1 Å². The molecule has 6 nitrogen and oxygen atoms in total. The predicted molar refractivity (Wildman–Crippen MR) is 84.7 cm³/mol. The van der Waals surface area contributed by atoms with Gasteiger partial charge in [0.2, 0.25) is 11.9 Å². The molecule has 1 heterocycles. The van der Waals surface area contributed by atoms with Crippen molar-refractivity contribution < 1.29 is 4.74 Å². The van der Waals surface area contributed by atoms with E-state index in [0.717, 1.165) is 8.95 Å². The van der Waals surface area contributed by atoms with E-state index in [9.17, 15) is 0 Å². The third-order valence-corrected chi connectivity index (χ3v) is 3.45. The topological polar surface area (TPSA) is 77.2 Å². The zero-order valence-corrected chi connectivity index (χ0v) is 14.1. The van der Waals surface area contributed by atoms with Crippen LogP contribution in [0, 0.1) is 0 Å². The highest BCUT2D eigenvalue weighted by atomic mass is 79.9. The molecule has 1 aromatic heterocycles. The molecule has 2 aromatic rings. The van der Waals surface area contributed by atoms with Crippen LogP contribution in [0.4, 0.5) is 11.9 Å². The van der Waals surface area contributed by atoms with Gasteiger partial charge in [-0.2, -0.15) is 15.0 Å². The minimum Gasteiger partial charge on any atom is -0.484 e. The van der Waals surface area contributed by atoms with Crippen LogP contribution in [0.5, 0.6) is 5.75 Å². The number of anilines is 2. The molecule has 0 amide bonds. The van der Waals surface area contributed by atoms with Crippen molar-refractivity contribution in [1.82, 2.24) is 15.0 Å². The number of aromatic nitrogens is 3. The SMILES string of the molecule is CN(C)c1nc(N)nc(COc2ccc(Br)cc2Br)n1. The first-order valence-electron chi connectivity index (χ1n) is 5.71. The summed E-state index contributed by atoms with van der Waals surface area (Å²) in [5, 5.41) is 0. The van der Waals surface area contributed by atoms with Crippen molar-refractivity contribution in [2.24, 2.45) is 0 Å². The molecule has 0 radical (unpaired) electrons. The first-order chi connectivity index (χ1) is 9.45. The van der Waals surface area contributed by atoms with Gasteiger partial charge >= 0.3 is 0 Å². The van der Waals surface area contributed by atoms with Crippen LogP contribution in [-0.2, 0) is 6.61 Å². The summed E-state index contributed by atoms with van der Waals surface area (Å²) in [6.07, 6.45) is 0. The molecule has 0 bridgehead atoms. The number of nitrogens with two attached hydrogens (primary N) is 1. The molecule has 20 heavy (non-hydrogen) atoms. The summed E-state index contributed by atoms with van der Waals surface area (Å²) in [4.78, 5) is 14.1. The Kier molecular flexibility index (Phi) is 4.77. The van der Waals surface area contributed by atoms with E-state index in [1.807, 2.05) is 32.3 Å². The number of halogens is 2. The number of ether oxygens (including phenoxy) is 1. The zero-order valence-electron chi connectivity index (χ0n) is 11.0. The molecule has 2 rings (SSSR count). The van der Waals surface area contributed by atoms with Crippen molar-refractivity contribution in [3.63, 3.8) is 0 Å². The molecule has 0 fully saturated rings. The minimum absolute atomic E-state index is 0.178. The standard InChI is InChI=1S/C12H13Br2N5O/c1-19(2)12-17-10(16-11(15)18-12)6-20-9-4-3-7(13)5-8(9)14/h3-5H,6H2,1-2H3,(H2,15,16,17,18). The first kappa shape index (κ1) is 15.0. The van der Waals surface area contributed by atoms with E-state index in [1.54, 1.807) is 4.90 Å². The van der Waals surface area contributed by atoms with Gasteiger partial charge in [0.05, 0.1) is 4.47 Å². The summed E-state index contributed by atoms with van der Waals surface area (Å²) in [5.41, 5.74) is 5.66. The molecule has 0 unspecified atom stereocenters. The van der Waals surface area contributed by atoms with Crippen molar-refractivity contribution in [3.05, 3.63) is 33.0 Å². The van der Waals surface area contributed by atoms with Gasteiger partial charge in [0, 0.05) is 18.6 Å². The Bertz CT molecular complexity index is 621. The van der Waals surface area contributed by atoms with Crippen LogP contribution in [-0.4, -0.2) is 29.0 Å². The van der Waals surface area contributed by atoms with Crippen LogP contribution >= 0.6 is 31.9 Å². The Morgan fingerprint density at radius 3 is 2.60 bits per heavy atom. The lowest BCUT2D eigenvalue weighted by Gasteiger charge is -2.12. The minimum atomic E-state index is 0.178. The number of nitrogen functional groups attached to an aromatic ring is 1. The fraction of sp³-hybridized carbons (Fsp3) is 0.250. The number of rotatable bonds is 4. The van der Waals surface area contributed by atoms with Crippen LogP contribution in [0.2, 0.25) is 0 Å². The molecule has 0 aliphatic carbocycles. The average molecular weight is 403 g/mol. The molecule has 0 aliphatic rings. The Morgan fingerprint density at radius 2 is 1.95 bits per heavy atom. The normalized spacial score (nSPS) is 10.4. The number of hydrogen-bond donors (Lipinski definition) is 1. The highest BCUT2D eigenvalue weighted by molar-refractivity contribution is 9.11. The molecular weight excluding hydrogens is 390 g/mol. The van der Waals surface area contributed by atoms with Crippen LogP contribution in [0.1, 0.15) is 5.82 Å². The van der Waals surface area contributed by atoms with Crippen LogP contribution in [0.3, 0.4) is 0 Å². The number of nitrogens with zero attached hydrogens (tertiary/aromatic N) is 4. The van der Waals surface area contributed by atoms with Gasteiger partial charge < -0.3 is 15.4 Å². The largest absolute Gasteiger partial charge is 0.484 e. The molecule has 0 saturated carbocycles. The van der Waals surface area contributed by atoms with Crippen LogP contribution < -0.4 is 15.4 Å². The van der Waals surface area contributed by atoms with E-state index in [1.165, 1.54) is 0 Å². The Hall–Kier alpha value is -1.41. The number of benzene rings is 1. The maximum atomic E-state index is 5.67. The van der Waals surface area contributed by atoms with Crippen LogP contribution in [0.25, 0.3) is 0 Å². The molecule has 0 aliphatic heterocycles. The van der Waals surface area contributed by atoms with E-state index in [4.69, 9.17) is 10.5 Å². The van der Waals surface area contributed by atoms with Gasteiger partial charge in [-0.3, -0.25) is 0 Å². The molecule has 0 spiro atoms. The van der Waals surface area contributed by atoms with Crippen molar-refractivity contribution in [3.8, 4) is 5.75 Å². The molecule has 0 atom stereocenters. The second-order valence-corrected chi connectivity index (χ2v) is 5.94. The van der Waals surface area contributed by atoms with E-state index >= 15 is 0 Å². The second-order valence-electron chi connectivity index (χ2n) is 4.17. The van der Waals surface area contributed by atoms with Crippen molar-refractivity contribution in [2.45, 2.75) is 6.61 Å². The molecule has 0 saturated heterocycles. The monoisotopic (exact) mass is 401 g/mol. The van der Waals surface area contributed by atoms with Gasteiger partial charge in [-0.05, 0) is 34.1 Å². The molecule has 106 valence electrons. The summed E-state index contributed by atoms with van der Waals surface area (Å²) in [6, 6.07) is 5.65. The summed E-state index contributed by atoms with van der Waals surface area (Å²) < 4.78 is 7.49. The van der Waals surface area contributed by atoms with Crippen molar-refractivity contribution in [1.29, 1.82) is 0 Å². The smallest absolute Gasteiger partial charge is 0.230 e. The van der Waals surface area contributed by atoms with Gasteiger partial charge in [0.25, 0.3) is 0 Å². The Balaban J connectivity index is 2.14. The van der Waals surface area contributed by atoms with Gasteiger partial charge in [-0.15, -0.1) is 0 Å². The fourth-order valence-electron chi connectivity index (χ4n) is 1.42. The van der Waals surface area contributed by atoms with Gasteiger partial charge in [-0.1, -0.05) is 15.9 Å². The summed E-state index contributed by atoms with van der Waals surface area (Å²) >= 11 is 6.82. The van der Waals surface area contributed by atoms with Gasteiger partial charge in [0.15, 0.2) is 5.82 Å². The third-order valence-electron chi connectivity index (χ3n) is 2.34. The zero-order chi connectivity index (χ0) is 14.7. The van der Waals surface area contributed by atoms with E-state index in [2.05, 4.69) is 46.8 Å². The third kappa shape index (κ3) is 3.80. The first-order valence-corrected chi connectivity index (χ1v) is 7.30. The molecule has 2 N–H and O–H groups in total. The summed E-state index contributed by atoms with van der Waals surface area (Å²) in [5.74, 6) is 1.87. The fourth-order valence-corrected chi connectivity index (χ4v) is 2.59. The summed E-state index contributed by atoms with van der Waals surface area (Å²) in [6.45, 7) is 0.216. The summed E-state index contributed by atoms with van der Waals surface area (Å²) in [7, 11) is 3.68. The highest BCUT2D eigenvalue weighted by Gasteiger charge is 2.08. The molecule has 1 aromatic carbocycles. The molecular formula is C12H13Br2N5O. The predicted octanol–water partition coefficient (Wildman–Crippen LogP) is 2.62. The lowest BCUT2D eigenvalue weighted by Crippen LogP contribution is -2.16. The van der Waals surface area contributed by atoms with Crippen molar-refractivity contribution in [2.75, 3.05) is 24.7 Å². The van der Waals surface area contributed by atoms with Crippen molar-refractivity contribution >= 4 is 43.8 Å².